The summed E-state index contributed by atoms with van der Waals surface area (Å²) in [6.45, 7) is 3.86. The van der Waals surface area contributed by atoms with Crippen molar-refractivity contribution < 1.29 is 24.2 Å². The van der Waals surface area contributed by atoms with Gasteiger partial charge in [-0.3, -0.25) is 0 Å². The highest BCUT2D eigenvalue weighted by molar-refractivity contribution is 6.03. The van der Waals surface area contributed by atoms with Gasteiger partial charge >= 0.3 is 11.9 Å². The molecule has 23 heavy (non-hydrogen) atoms. The third-order valence-electron chi connectivity index (χ3n) is 3.38. The number of benzene rings is 2. The molecule has 0 heterocycles. The van der Waals surface area contributed by atoms with Crippen LogP contribution in [0.3, 0.4) is 0 Å². The van der Waals surface area contributed by atoms with Crippen molar-refractivity contribution in [3.05, 3.63) is 53.1 Å². The van der Waals surface area contributed by atoms with Crippen LogP contribution in [0.1, 0.15) is 33.2 Å². The van der Waals surface area contributed by atoms with Gasteiger partial charge in [-0.2, -0.15) is 0 Å². The molecule has 2 rings (SSSR count). The average molecular weight is 314 g/mol. The predicted octanol–water partition coefficient (Wildman–Crippen LogP) is 3.33. The highest BCUT2D eigenvalue weighted by Crippen LogP contribution is 2.33. The van der Waals surface area contributed by atoms with E-state index in [-0.39, 0.29) is 23.5 Å². The van der Waals surface area contributed by atoms with Crippen LogP contribution in [0.4, 0.5) is 0 Å². The first-order valence-corrected chi connectivity index (χ1v) is 7.17. The average Bonchev–Trinajstić information content (AvgIpc) is 2.54. The summed E-state index contributed by atoms with van der Waals surface area (Å²) in [7, 11) is 1.24. The van der Waals surface area contributed by atoms with Crippen molar-refractivity contribution in [3.8, 4) is 16.9 Å². The van der Waals surface area contributed by atoms with Crippen molar-refractivity contribution >= 4 is 11.9 Å². The maximum absolute atomic E-state index is 12.0. The van der Waals surface area contributed by atoms with Crippen LogP contribution in [-0.2, 0) is 9.47 Å². The van der Waals surface area contributed by atoms with Crippen molar-refractivity contribution in [2.45, 2.75) is 13.8 Å². The number of carbonyl (C=O) groups is 2. The molecule has 5 nitrogen and oxygen atoms in total. The highest BCUT2D eigenvalue weighted by atomic mass is 16.5. The van der Waals surface area contributed by atoms with Gasteiger partial charge in [0.25, 0.3) is 0 Å². The van der Waals surface area contributed by atoms with E-state index in [2.05, 4.69) is 0 Å². The van der Waals surface area contributed by atoms with E-state index in [1.807, 2.05) is 31.2 Å². The Bertz CT molecular complexity index is 732. The molecule has 2 aromatic rings. The molecule has 0 radical (unpaired) electrons. The first-order chi connectivity index (χ1) is 11.0. The van der Waals surface area contributed by atoms with E-state index in [1.54, 1.807) is 6.92 Å². The summed E-state index contributed by atoms with van der Waals surface area (Å²) in [6, 6.07) is 10.1. The standard InChI is InChI=1S/C18H18O5/c1-4-23-17(20)13-9-14(12-7-5-11(2)6-8-12)16(15(19)10-13)18(21)22-3/h5-10,19H,4H2,1-3H3. The summed E-state index contributed by atoms with van der Waals surface area (Å²) in [5.41, 5.74) is 2.36. The molecular weight excluding hydrogens is 296 g/mol. The molecule has 0 amide bonds. The van der Waals surface area contributed by atoms with E-state index < -0.39 is 11.9 Å². The van der Waals surface area contributed by atoms with Crippen LogP contribution >= 0.6 is 0 Å². The summed E-state index contributed by atoms with van der Waals surface area (Å²) < 4.78 is 9.69. The lowest BCUT2D eigenvalue weighted by atomic mass is 9.95. The Kier molecular flexibility index (Phi) is 5.01. The highest BCUT2D eigenvalue weighted by Gasteiger charge is 2.22. The molecule has 120 valence electrons. The fourth-order valence-corrected chi connectivity index (χ4v) is 2.24. The Labute approximate surface area is 134 Å². The van der Waals surface area contributed by atoms with Crippen molar-refractivity contribution in [2.24, 2.45) is 0 Å². The van der Waals surface area contributed by atoms with Gasteiger partial charge in [-0.1, -0.05) is 29.8 Å². The molecule has 0 aliphatic heterocycles. The van der Waals surface area contributed by atoms with E-state index in [0.29, 0.717) is 11.1 Å². The number of phenolic OH excluding ortho intramolecular Hbond substituents is 1. The zero-order valence-electron chi connectivity index (χ0n) is 13.3. The summed E-state index contributed by atoms with van der Waals surface area (Å²) in [5, 5.41) is 10.2. The Hall–Kier alpha value is -2.82. The zero-order chi connectivity index (χ0) is 17.0. The number of carbonyl (C=O) groups excluding carboxylic acids is 2. The molecular formula is C18H18O5. The number of esters is 2. The van der Waals surface area contributed by atoms with Crippen LogP contribution in [0.15, 0.2) is 36.4 Å². The Morgan fingerprint density at radius 1 is 1.09 bits per heavy atom. The molecule has 0 bridgehead atoms. The Balaban J connectivity index is 2.66. The second kappa shape index (κ2) is 6.96. The third-order valence-corrected chi connectivity index (χ3v) is 3.38. The van der Waals surface area contributed by atoms with Gasteiger partial charge in [0.2, 0.25) is 0 Å². The second-order valence-electron chi connectivity index (χ2n) is 5.00. The van der Waals surface area contributed by atoms with Gasteiger partial charge in [0.1, 0.15) is 11.3 Å². The minimum absolute atomic E-state index is 0.0180. The molecule has 0 aliphatic carbocycles. The van der Waals surface area contributed by atoms with Crippen molar-refractivity contribution in [1.29, 1.82) is 0 Å². The number of rotatable bonds is 4. The first kappa shape index (κ1) is 16.5. The molecule has 0 aliphatic rings. The predicted molar refractivity (Wildman–Crippen MR) is 85.6 cm³/mol. The van der Waals surface area contributed by atoms with Crippen molar-refractivity contribution in [3.63, 3.8) is 0 Å². The number of ether oxygens (including phenoxy) is 2. The molecule has 1 N–H and O–H groups in total. The maximum atomic E-state index is 12.0. The van der Waals surface area contributed by atoms with E-state index in [9.17, 15) is 14.7 Å². The molecule has 5 heteroatoms. The van der Waals surface area contributed by atoms with Crippen molar-refractivity contribution in [1.82, 2.24) is 0 Å². The molecule has 0 fully saturated rings. The number of aryl methyl sites for hydroxylation is 1. The van der Waals surface area contributed by atoms with Gasteiger partial charge in [0, 0.05) is 5.56 Å². The minimum Gasteiger partial charge on any atom is -0.507 e. The quantitative estimate of drug-likeness (QED) is 0.876. The Morgan fingerprint density at radius 3 is 2.30 bits per heavy atom. The van der Waals surface area contributed by atoms with Crippen LogP contribution in [0.5, 0.6) is 5.75 Å². The van der Waals surface area contributed by atoms with Gasteiger partial charge < -0.3 is 14.6 Å². The number of phenols is 1. The summed E-state index contributed by atoms with van der Waals surface area (Å²) >= 11 is 0. The molecule has 0 atom stereocenters. The second-order valence-corrected chi connectivity index (χ2v) is 5.00. The van der Waals surface area contributed by atoms with E-state index in [4.69, 9.17) is 9.47 Å². The van der Waals surface area contributed by atoms with E-state index in [1.165, 1.54) is 19.2 Å². The summed E-state index contributed by atoms with van der Waals surface area (Å²) in [4.78, 5) is 23.9. The zero-order valence-corrected chi connectivity index (χ0v) is 13.3. The van der Waals surface area contributed by atoms with Gasteiger partial charge in [0.15, 0.2) is 0 Å². The van der Waals surface area contributed by atoms with Gasteiger partial charge in [-0.05, 0) is 31.5 Å². The van der Waals surface area contributed by atoms with E-state index >= 15 is 0 Å². The van der Waals surface area contributed by atoms with Crippen LogP contribution in [0.25, 0.3) is 11.1 Å². The first-order valence-electron chi connectivity index (χ1n) is 7.17. The SMILES string of the molecule is CCOC(=O)c1cc(O)c(C(=O)OC)c(-c2ccc(C)cc2)c1. The maximum Gasteiger partial charge on any atom is 0.342 e. The lowest BCUT2D eigenvalue weighted by molar-refractivity contribution is 0.0523. The number of hydrogen-bond acceptors (Lipinski definition) is 5. The van der Waals surface area contributed by atoms with Gasteiger partial charge in [-0.25, -0.2) is 9.59 Å². The van der Waals surface area contributed by atoms with Crippen molar-refractivity contribution in [2.75, 3.05) is 13.7 Å². The molecule has 0 aromatic heterocycles. The normalized spacial score (nSPS) is 10.2. The number of methoxy groups -OCH3 is 1. The monoisotopic (exact) mass is 314 g/mol. The fourth-order valence-electron chi connectivity index (χ4n) is 2.24. The Morgan fingerprint density at radius 2 is 1.74 bits per heavy atom. The van der Waals surface area contributed by atoms with Crippen LogP contribution in [-0.4, -0.2) is 30.8 Å². The lowest BCUT2D eigenvalue weighted by Gasteiger charge is -2.13. The summed E-state index contributed by atoms with van der Waals surface area (Å²) in [6.07, 6.45) is 0. The minimum atomic E-state index is -0.673. The number of hydrogen-bond donors (Lipinski definition) is 1. The smallest absolute Gasteiger partial charge is 0.342 e. The van der Waals surface area contributed by atoms with Crippen LogP contribution in [0.2, 0.25) is 0 Å². The molecule has 2 aromatic carbocycles. The molecule has 0 saturated carbocycles. The topological polar surface area (TPSA) is 72.8 Å². The third kappa shape index (κ3) is 3.51. The molecule has 0 saturated heterocycles. The largest absolute Gasteiger partial charge is 0.507 e. The van der Waals surface area contributed by atoms with Gasteiger partial charge in [-0.15, -0.1) is 0 Å². The molecule has 0 unspecified atom stereocenters. The van der Waals surface area contributed by atoms with Gasteiger partial charge in [0.05, 0.1) is 19.3 Å². The van der Waals surface area contributed by atoms with Crippen LogP contribution in [0, 0.1) is 6.92 Å². The van der Waals surface area contributed by atoms with E-state index in [0.717, 1.165) is 5.56 Å². The molecule has 0 spiro atoms. The number of aromatic hydroxyl groups is 1. The fraction of sp³-hybridized carbons (Fsp3) is 0.222. The lowest BCUT2D eigenvalue weighted by Crippen LogP contribution is -2.09. The summed E-state index contributed by atoms with van der Waals surface area (Å²) in [5.74, 6) is -1.56. The van der Waals surface area contributed by atoms with Crippen LogP contribution < -0.4 is 0 Å².